The van der Waals surface area contributed by atoms with E-state index in [1.54, 1.807) is 11.0 Å². The summed E-state index contributed by atoms with van der Waals surface area (Å²) in [5, 5.41) is 0. The first-order valence-corrected chi connectivity index (χ1v) is 6.72. The van der Waals surface area contributed by atoms with Crippen molar-refractivity contribution in [2.24, 2.45) is 5.73 Å². The number of hydrogen-bond acceptors (Lipinski definition) is 3. The van der Waals surface area contributed by atoms with Crippen LogP contribution in [0.3, 0.4) is 0 Å². The maximum atomic E-state index is 12.6. The molecule has 0 aliphatic carbocycles. The van der Waals surface area contributed by atoms with Crippen molar-refractivity contribution in [3.05, 3.63) is 53.0 Å². The van der Waals surface area contributed by atoms with Crippen LogP contribution in [-0.2, 0) is 6.54 Å². The lowest BCUT2D eigenvalue weighted by atomic mass is 10.1. The van der Waals surface area contributed by atoms with Crippen LogP contribution in [0.15, 0.2) is 34.9 Å². The van der Waals surface area contributed by atoms with Crippen molar-refractivity contribution < 1.29 is 9.21 Å². The van der Waals surface area contributed by atoms with Crippen molar-refractivity contribution in [3.63, 3.8) is 0 Å². The van der Waals surface area contributed by atoms with Gasteiger partial charge in [-0.25, -0.2) is 0 Å². The number of aryl methyl sites for hydroxylation is 2. The topological polar surface area (TPSA) is 59.5 Å². The summed E-state index contributed by atoms with van der Waals surface area (Å²) in [5.74, 6) is 0.547. The van der Waals surface area contributed by atoms with Gasteiger partial charge in [0, 0.05) is 12.2 Å². The Hall–Kier alpha value is -1.78. The van der Waals surface area contributed by atoms with E-state index in [1.165, 1.54) is 6.26 Å². The van der Waals surface area contributed by atoms with Crippen molar-refractivity contribution in [2.75, 3.05) is 11.4 Å². The summed E-state index contributed by atoms with van der Waals surface area (Å²) in [6, 6.07) is 7.82. The number of nitrogens with two attached hydrogens (primary N) is 1. The van der Waals surface area contributed by atoms with E-state index in [1.807, 2.05) is 32.9 Å². The van der Waals surface area contributed by atoms with E-state index < -0.39 is 0 Å². The monoisotopic (exact) mass is 308 g/mol. The van der Waals surface area contributed by atoms with Gasteiger partial charge in [0.15, 0.2) is 0 Å². The zero-order valence-corrected chi connectivity index (χ0v) is 13.4. The molecule has 1 aromatic carbocycles. The molecule has 21 heavy (non-hydrogen) atoms. The zero-order chi connectivity index (χ0) is 14.7. The van der Waals surface area contributed by atoms with E-state index in [9.17, 15) is 4.79 Å². The van der Waals surface area contributed by atoms with Crippen molar-refractivity contribution in [1.29, 1.82) is 0 Å². The predicted octanol–water partition coefficient (Wildman–Crippen LogP) is 3.44. The fourth-order valence-electron chi connectivity index (χ4n) is 2.31. The number of carbonyl (C=O) groups is 1. The van der Waals surface area contributed by atoms with Crippen LogP contribution in [0, 0.1) is 13.8 Å². The second-order valence-corrected chi connectivity index (χ2v) is 4.90. The van der Waals surface area contributed by atoms with Crippen LogP contribution in [-0.4, -0.2) is 12.5 Å². The highest BCUT2D eigenvalue weighted by atomic mass is 35.5. The van der Waals surface area contributed by atoms with Crippen molar-refractivity contribution >= 4 is 24.0 Å². The number of halogens is 1. The number of furan rings is 1. The Morgan fingerprint density at radius 2 is 1.81 bits per heavy atom. The highest BCUT2D eigenvalue weighted by molar-refractivity contribution is 6.06. The van der Waals surface area contributed by atoms with Crippen LogP contribution < -0.4 is 10.6 Å². The van der Waals surface area contributed by atoms with Gasteiger partial charge in [0.25, 0.3) is 5.91 Å². The van der Waals surface area contributed by atoms with E-state index in [0.29, 0.717) is 24.4 Å². The first-order valence-electron chi connectivity index (χ1n) is 6.72. The number of nitrogens with zero attached hydrogens (tertiary/aromatic N) is 1. The number of carbonyl (C=O) groups excluding carboxylic acids is 1. The minimum Gasteiger partial charge on any atom is -0.467 e. The fourth-order valence-corrected chi connectivity index (χ4v) is 2.31. The average Bonchev–Trinajstić information content (AvgIpc) is 2.87. The molecule has 0 unspecified atom stereocenters. The summed E-state index contributed by atoms with van der Waals surface area (Å²) in [7, 11) is 0. The largest absolute Gasteiger partial charge is 0.467 e. The van der Waals surface area contributed by atoms with Gasteiger partial charge in [0.05, 0.1) is 12.1 Å². The highest BCUT2D eigenvalue weighted by Crippen LogP contribution is 2.21. The van der Waals surface area contributed by atoms with Gasteiger partial charge in [-0.15, -0.1) is 12.4 Å². The van der Waals surface area contributed by atoms with Crippen LogP contribution in [0.25, 0.3) is 0 Å². The lowest BCUT2D eigenvalue weighted by Gasteiger charge is -2.21. The Kier molecular flexibility index (Phi) is 6.00. The number of rotatable bonds is 4. The normalized spacial score (nSPS) is 10.1. The number of hydrogen-bond donors (Lipinski definition) is 1. The molecule has 0 bridgehead atoms. The van der Waals surface area contributed by atoms with Gasteiger partial charge in [0.1, 0.15) is 12.0 Å². The summed E-state index contributed by atoms with van der Waals surface area (Å²) in [4.78, 5) is 14.3. The molecule has 1 aromatic heterocycles. The third-order valence-electron chi connectivity index (χ3n) is 3.18. The molecule has 0 saturated heterocycles. The second-order valence-electron chi connectivity index (χ2n) is 4.90. The molecule has 4 nitrogen and oxygen atoms in total. The third kappa shape index (κ3) is 3.86. The minimum absolute atomic E-state index is 0. The summed E-state index contributed by atoms with van der Waals surface area (Å²) < 4.78 is 5.24. The highest BCUT2D eigenvalue weighted by Gasteiger charge is 2.18. The molecular weight excluding hydrogens is 288 g/mol. The van der Waals surface area contributed by atoms with E-state index >= 15 is 0 Å². The Morgan fingerprint density at radius 3 is 2.29 bits per heavy atom. The molecule has 2 rings (SSSR count). The molecule has 2 aromatic rings. The molecule has 0 fully saturated rings. The van der Waals surface area contributed by atoms with Gasteiger partial charge < -0.3 is 15.1 Å². The van der Waals surface area contributed by atoms with Crippen LogP contribution in [0.2, 0.25) is 0 Å². The van der Waals surface area contributed by atoms with E-state index in [0.717, 1.165) is 16.8 Å². The molecule has 0 aliphatic rings. The molecule has 5 heteroatoms. The molecule has 0 atom stereocenters. The molecule has 0 aliphatic heterocycles. The second kappa shape index (κ2) is 7.29. The lowest BCUT2D eigenvalue weighted by Crippen LogP contribution is -2.30. The Labute approximate surface area is 131 Å². The van der Waals surface area contributed by atoms with Crippen molar-refractivity contribution in [3.8, 4) is 0 Å². The Balaban J connectivity index is 0.00000220. The summed E-state index contributed by atoms with van der Waals surface area (Å²) >= 11 is 0. The maximum absolute atomic E-state index is 12.6. The third-order valence-corrected chi connectivity index (χ3v) is 3.18. The smallest absolute Gasteiger partial charge is 0.261 e. The van der Waals surface area contributed by atoms with Gasteiger partial charge in [-0.1, -0.05) is 6.07 Å². The van der Waals surface area contributed by atoms with Crippen molar-refractivity contribution in [1.82, 2.24) is 0 Å². The predicted molar refractivity (Wildman–Crippen MR) is 87.1 cm³/mol. The van der Waals surface area contributed by atoms with E-state index in [-0.39, 0.29) is 18.3 Å². The maximum Gasteiger partial charge on any atom is 0.261 e. The van der Waals surface area contributed by atoms with Crippen LogP contribution in [0.5, 0.6) is 0 Å². The number of benzene rings is 1. The molecule has 0 radical (unpaired) electrons. The minimum atomic E-state index is -0.0686. The van der Waals surface area contributed by atoms with E-state index in [2.05, 4.69) is 6.07 Å². The average molecular weight is 309 g/mol. The Morgan fingerprint density at radius 1 is 1.19 bits per heavy atom. The van der Waals surface area contributed by atoms with Crippen molar-refractivity contribution in [2.45, 2.75) is 27.3 Å². The molecule has 2 N–H and O–H groups in total. The number of amides is 1. The lowest BCUT2D eigenvalue weighted by molar-refractivity contribution is 0.0987. The quantitative estimate of drug-likeness (QED) is 0.941. The summed E-state index contributed by atoms with van der Waals surface area (Å²) in [6.45, 7) is 6.91. The van der Waals surface area contributed by atoms with Crippen LogP contribution in [0.4, 0.5) is 5.69 Å². The molecule has 1 heterocycles. The van der Waals surface area contributed by atoms with Crippen LogP contribution >= 0.6 is 12.4 Å². The van der Waals surface area contributed by atoms with Gasteiger partial charge in [-0.05, 0) is 50.1 Å². The van der Waals surface area contributed by atoms with Crippen LogP contribution in [0.1, 0.15) is 34.2 Å². The van der Waals surface area contributed by atoms with Gasteiger partial charge >= 0.3 is 0 Å². The first-order chi connectivity index (χ1) is 9.55. The number of anilines is 1. The molecule has 114 valence electrons. The standard InChI is InChI=1S/C16H20N2O2.ClH/c1-4-18(14-6-11(2)5-12(3)7-14)16(19)13-8-15(9-17)20-10-13;/h5-8,10H,4,9,17H2,1-3H3;1H. The van der Waals surface area contributed by atoms with E-state index in [4.69, 9.17) is 10.2 Å². The zero-order valence-electron chi connectivity index (χ0n) is 12.6. The Bertz CT molecular complexity index is 602. The molecule has 0 spiro atoms. The molecule has 0 saturated carbocycles. The summed E-state index contributed by atoms with van der Waals surface area (Å²) in [5.41, 5.74) is 9.23. The SMILES string of the molecule is CCN(C(=O)c1coc(CN)c1)c1cc(C)cc(C)c1.Cl. The first kappa shape index (κ1) is 17.3. The fraction of sp³-hybridized carbons (Fsp3) is 0.312. The molecule has 1 amide bonds. The van der Waals surface area contributed by atoms with Gasteiger partial charge in [0.2, 0.25) is 0 Å². The van der Waals surface area contributed by atoms with Gasteiger partial charge in [-0.3, -0.25) is 4.79 Å². The van der Waals surface area contributed by atoms with Gasteiger partial charge in [-0.2, -0.15) is 0 Å². The molecular formula is C16H21ClN2O2. The summed E-state index contributed by atoms with van der Waals surface area (Å²) in [6.07, 6.45) is 1.47.